The van der Waals surface area contributed by atoms with E-state index in [1.807, 2.05) is 61.3 Å². The lowest BCUT2D eigenvalue weighted by molar-refractivity contribution is -0.154. The Labute approximate surface area is 158 Å². The summed E-state index contributed by atoms with van der Waals surface area (Å²) in [4.78, 5) is 29.2. The van der Waals surface area contributed by atoms with Gasteiger partial charge in [-0.3, -0.25) is 14.5 Å². The number of carbonyl (C=O) groups excluding carboxylic acids is 2. The zero-order valence-corrected chi connectivity index (χ0v) is 15.7. The number of para-hydroxylation sites is 1. The number of benzene rings is 1. The van der Waals surface area contributed by atoms with Gasteiger partial charge in [0.05, 0.1) is 11.9 Å². The average Bonchev–Trinajstić information content (AvgIpc) is 3.13. The zero-order valence-electron chi connectivity index (χ0n) is 15.7. The largest absolute Gasteiger partial charge is 0.342 e. The molecular formula is C20H25N5O2. The quantitative estimate of drug-likeness (QED) is 0.877. The van der Waals surface area contributed by atoms with E-state index in [-0.39, 0.29) is 17.7 Å². The molecule has 2 amide bonds. The van der Waals surface area contributed by atoms with E-state index in [9.17, 15) is 9.59 Å². The number of carbonyl (C=O) groups is 2. The molecule has 0 unspecified atom stereocenters. The van der Waals surface area contributed by atoms with Gasteiger partial charge < -0.3 is 10.2 Å². The summed E-state index contributed by atoms with van der Waals surface area (Å²) in [5.74, 6) is 0.105. The van der Waals surface area contributed by atoms with Crippen molar-refractivity contribution in [2.45, 2.75) is 32.5 Å². The predicted molar refractivity (Wildman–Crippen MR) is 101 cm³/mol. The highest BCUT2D eigenvalue weighted by Crippen LogP contribution is 2.21. The minimum atomic E-state index is -0.399. The first-order valence-electron chi connectivity index (χ1n) is 9.45. The average molecular weight is 367 g/mol. The summed E-state index contributed by atoms with van der Waals surface area (Å²) < 4.78 is 1.86. The first-order valence-corrected chi connectivity index (χ1v) is 9.45. The smallest absolute Gasteiger partial charge is 0.246 e. The number of piperazine rings is 2. The van der Waals surface area contributed by atoms with Gasteiger partial charge in [-0.05, 0) is 18.1 Å². The highest BCUT2D eigenvalue weighted by Gasteiger charge is 2.44. The lowest BCUT2D eigenvalue weighted by atomic mass is 9.96. The van der Waals surface area contributed by atoms with Gasteiger partial charge in [-0.2, -0.15) is 5.10 Å². The van der Waals surface area contributed by atoms with E-state index in [1.54, 1.807) is 4.90 Å². The number of nitrogens with zero attached hydrogens (tertiary/aromatic N) is 4. The molecule has 2 saturated heterocycles. The summed E-state index contributed by atoms with van der Waals surface area (Å²) in [5, 5.41) is 7.34. The predicted octanol–water partition coefficient (Wildman–Crippen LogP) is 1.04. The van der Waals surface area contributed by atoms with Crippen molar-refractivity contribution in [1.82, 2.24) is 24.9 Å². The molecule has 3 heterocycles. The van der Waals surface area contributed by atoms with Crippen molar-refractivity contribution < 1.29 is 9.59 Å². The molecule has 7 nitrogen and oxygen atoms in total. The maximum absolute atomic E-state index is 12.7. The van der Waals surface area contributed by atoms with Gasteiger partial charge in [0, 0.05) is 37.9 Å². The molecule has 1 aromatic carbocycles. The van der Waals surface area contributed by atoms with Crippen molar-refractivity contribution in [3.05, 3.63) is 48.3 Å². The van der Waals surface area contributed by atoms with E-state index in [4.69, 9.17) is 0 Å². The van der Waals surface area contributed by atoms with Crippen molar-refractivity contribution in [2.24, 2.45) is 5.92 Å². The molecule has 7 heteroatoms. The second kappa shape index (κ2) is 7.15. The lowest BCUT2D eigenvalue weighted by Crippen LogP contribution is -2.70. The molecule has 4 rings (SSSR count). The van der Waals surface area contributed by atoms with Crippen molar-refractivity contribution in [3.63, 3.8) is 0 Å². The van der Waals surface area contributed by atoms with Gasteiger partial charge in [-0.1, -0.05) is 32.0 Å². The Kier molecular flexibility index (Phi) is 4.70. The minimum Gasteiger partial charge on any atom is -0.342 e. The van der Waals surface area contributed by atoms with Crippen molar-refractivity contribution in [2.75, 3.05) is 19.6 Å². The maximum Gasteiger partial charge on any atom is 0.246 e. The first-order chi connectivity index (χ1) is 13.0. The summed E-state index contributed by atoms with van der Waals surface area (Å²) in [7, 11) is 0. The number of rotatable bonds is 4. The Morgan fingerprint density at radius 1 is 1.19 bits per heavy atom. The van der Waals surface area contributed by atoms with Gasteiger partial charge in [0.2, 0.25) is 11.8 Å². The monoisotopic (exact) mass is 367 g/mol. The van der Waals surface area contributed by atoms with Gasteiger partial charge in [0.1, 0.15) is 12.1 Å². The second-order valence-corrected chi connectivity index (χ2v) is 7.64. The van der Waals surface area contributed by atoms with Crippen molar-refractivity contribution in [1.29, 1.82) is 0 Å². The molecule has 0 saturated carbocycles. The molecular weight excluding hydrogens is 342 g/mol. The molecule has 2 aromatic rings. The fourth-order valence-electron chi connectivity index (χ4n) is 3.83. The van der Waals surface area contributed by atoms with Crippen LogP contribution in [0.5, 0.6) is 0 Å². The lowest BCUT2D eigenvalue weighted by Gasteiger charge is -2.46. The topological polar surface area (TPSA) is 70.5 Å². The summed E-state index contributed by atoms with van der Waals surface area (Å²) in [6.45, 7) is 6.54. The third kappa shape index (κ3) is 3.47. The van der Waals surface area contributed by atoms with Crippen LogP contribution in [0.2, 0.25) is 0 Å². The molecule has 1 aromatic heterocycles. The standard InChI is InChI=1S/C20H25N5O2/c1-14(2)18-20(27)24-9-8-23(13-17(24)19(26)22-18)11-15-10-21-25(12-15)16-6-4-3-5-7-16/h3-7,10,12,14,17-18H,8-9,11,13H2,1-2H3,(H,22,26)/t17-,18+/m1/s1. The fourth-order valence-corrected chi connectivity index (χ4v) is 3.83. The van der Waals surface area contributed by atoms with Crippen LogP contribution >= 0.6 is 0 Å². The van der Waals surface area contributed by atoms with Crippen LogP contribution in [0.15, 0.2) is 42.7 Å². The zero-order chi connectivity index (χ0) is 19.0. The van der Waals surface area contributed by atoms with Crippen molar-refractivity contribution in [3.8, 4) is 5.69 Å². The van der Waals surface area contributed by atoms with Gasteiger partial charge in [0.25, 0.3) is 0 Å². The number of hydrogen-bond acceptors (Lipinski definition) is 4. The minimum absolute atomic E-state index is 0.0435. The van der Waals surface area contributed by atoms with E-state index in [0.29, 0.717) is 19.6 Å². The summed E-state index contributed by atoms with van der Waals surface area (Å²) in [6.07, 6.45) is 3.88. The van der Waals surface area contributed by atoms with Crippen molar-refractivity contribution >= 4 is 11.8 Å². The highest BCUT2D eigenvalue weighted by atomic mass is 16.2. The van der Waals surface area contributed by atoms with Crippen LogP contribution in [-0.4, -0.2) is 63.1 Å². The van der Waals surface area contributed by atoms with E-state index in [0.717, 1.165) is 17.8 Å². The summed E-state index contributed by atoms with van der Waals surface area (Å²) >= 11 is 0. The normalized spacial score (nSPS) is 23.4. The molecule has 27 heavy (non-hydrogen) atoms. The van der Waals surface area contributed by atoms with E-state index in [2.05, 4.69) is 15.3 Å². The molecule has 2 aliphatic heterocycles. The molecule has 2 aliphatic rings. The van der Waals surface area contributed by atoms with Crippen LogP contribution in [0.1, 0.15) is 19.4 Å². The number of amides is 2. The van der Waals surface area contributed by atoms with Crippen LogP contribution < -0.4 is 5.32 Å². The SMILES string of the molecule is CC(C)[C@@H]1NC(=O)[C@H]2CN(Cc3cnn(-c4ccccc4)c3)CCN2C1=O. The van der Waals surface area contributed by atoms with E-state index < -0.39 is 12.1 Å². The number of nitrogens with one attached hydrogen (secondary N) is 1. The third-order valence-corrected chi connectivity index (χ3v) is 5.34. The number of hydrogen-bond donors (Lipinski definition) is 1. The Morgan fingerprint density at radius 2 is 1.96 bits per heavy atom. The van der Waals surface area contributed by atoms with E-state index >= 15 is 0 Å². The maximum atomic E-state index is 12.7. The third-order valence-electron chi connectivity index (χ3n) is 5.34. The second-order valence-electron chi connectivity index (χ2n) is 7.64. The summed E-state index contributed by atoms with van der Waals surface area (Å²) in [5.41, 5.74) is 2.11. The molecule has 0 spiro atoms. The van der Waals surface area contributed by atoms with Gasteiger partial charge in [-0.15, -0.1) is 0 Å². The van der Waals surface area contributed by atoms with Crippen LogP contribution in [0.25, 0.3) is 5.69 Å². The molecule has 1 N–H and O–H groups in total. The molecule has 142 valence electrons. The molecule has 0 aliphatic carbocycles. The Hall–Kier alpha value is -2.67. The van der Waals surface area contributed by atoms with Gasteiger partial charge in [-0.25, -0.2) is 4.68 Å². The fraction of sp³-hybridized carbons (Fsp3) is 0.450. The number of fused-ring (bicyclic) bond motifs is 1. The summed E-state index contributed by atoms with van der Waals surface area (Å²) in [6, 6.07) is 9.18. The first kappa shape index (κ1) is 17.7. The van der Waals surface area contributed by atoms with Crippen LogP contribution in [0.3, 0.4) is 0 Å². The molecule has 2 atom stereocenters. The van der Waals surface area contributed by atoms with E-state index in [1.165, 1.54) is 0 Å². The Bertz CT molecular complexity index is 832. The Morgan fingerprint density at radius 3 is 2.70 bits per heavy atom. The van der Waals surface area contributed by atoms with Crippen LogP contribution in [0, 0.1) is 5.92 Å². The highest BCUT2D eigenvalue weighted by molar-refractivity contribution is 5.97. The Balaban J connectivity index is 1.42. The molecule has 2 fully saturated rings. The van der Waals surface area contributed by atoms with Crippen LogP contribution in [-0.2, 0) is 16.1 Å². The molecule has 0 bridgehead atoms. The van der Waals surface area contributed by atoms with Crippen LogP contribution in [0.4, 0.5) is 0 Å². The van der Waals surface area contributed by atoms with Gasteiger partial charge >= 0.3 is 0 Å². The van der Waals surface area contributed by atoms with Gasteiger partial charge in [0.15, 0.2) is 0 Å². The molecule has 0 radical (unpaired) electrons. The number of aromatic nitrogens is 2.